The molecule has 0 radical (unpaired) electrons. The molecule has 1 aliphatic rings. The van der Waals surface area contributed by atoms with Gasteiger partial charge in [-0.25, -0.2) is 13.1 Å². The molecule has 3 nitrogen and oxygen atoms in total. The normalized spacial score (nSPS) is 17.6. The first-order valence-electron chi connectivity index (χ1n) is 4.71. The highest BCUT2D eigenvalue weighted by Crippen LogP contribution is 2.27. The van der Waals surface area contributed by atoms with Crippen LogP contribution in [0.4, 0.5) is 0 Å². The van der Waals surface area contributed by atoms with Crippen molar-refractivity contribution in [2.75, 3.05) is 12.4 Å². The molecular weight excluding hydrogens is 210 g/mol. The van der Waals surface area contributed by atoms with Crippen molar-refractivity contribution in [3.63, 3.8) is 0 Å². The summed E-state index contributed by atoms with van der Waals surface area (Å²) in [6.45, 7) is 0.565. The molecule has 1 fully saturated rings. The summed E-state index contributed by atoms with van der Waals surface area (Å²) in [7, 11) is -2.96. The van der Waals surface area contributed by atoms with E-state index in [1.54, 1.807) is 0 Å². The first-order chi connectivity index (χ1) is 6.17. The van der Waals surface area contributed by atoms with E-state index in [2.05, 4.69) is 4.72 Å². The number of rotatable bonds is 7. The molecule has 1 aliphatic carbocycles. The largest absolute Gasteiger partial charge is 0.215 e. The Balaban J connectivity index is 2.04. The van der Waals surface area contributed by atoms with Gasteiger partial charge in [-0.05, 0) is 25.7 Å². The van der Waals surface area contributed by atoms with Crippen LogP contribution in [0.3, 0.4) is 0 Å². The first-order valence-corrected chi connectivity index (χ1v) is 6.79. The number of unbranched alkanes of at least 4 members (excludes halogenated alkanes) is 2. The van der Waals surface area contributed by atoms with Crippen LogP contribution in [0.25, 0.3) is 0 Å². The number of nitrogens with one attached hydrogen (secondary N) is 1. The number of halogens is 1. The lowest BCUT2D eigenvalue weighted by atomic mass is 10.2. The molecule has 0 amide bonds. The van der Waals surface area contributed by atoms with Crippen molar-refractivity contribution in [1.82, 2.24) is 4.72 Å². The molecule has 78 valence electrons. The average molecular weight is 226 g/mol. The smallest absolute Gasteiger partial charge is 0.214 e. The number of hydrogen-bond acceptors (Lipinski definition) is 2. The predicted molar refractivity (Wildman–Crippen MR) is 54.5 cm³/mol. The molecule has 13 heavy (non-hydrogen) atoms. The van der Waals surface area contributed by atoms with E-state index < -0.39 is 10.0 Å². The van der Waals surface area contributed by atoms with Gasteiger partial charge < -0.3 is 0 Å². The maximum Gasteiger partial charge on any atom is 0.214 e. The lowest BCUT2D eigenvalue weighted by molar-refractivity contribution is 0.575. The van der Waals surface area contributed by atoms with Gasteiger partial charge in [0.05, 0.1) is 5.25 Å². The van der Waals surface area contributed by atoms with Crippen molar-refractivity contribution in [3.8, 4) is 0 Å². The first kappa shape index (κ1) is 11.3. The van der Waals surface area contributed by atoms with Crippen molar-refractivity contribution in [3.05, 3.63) is 0 Å². The number of hydrogen-bond donors (Lipinski definition) is 1. The molecular formula is C8H16ClNO2S. The summed E-state index contributed by atoms with van der Waals surface area (Å²) >= 11 is 5.49. The molecule has 0 saturated heterocycles. The molecule has 0 spiro atoms. The van der Waals surface area contributed by atoms with Gasteiger partial charge in [0.1, 0.15) is 0 Å². The van der Waals surface area contributed by atoms with E-state index >= 15 is 0 Å². The van der Waals surface area contributed by atoms with Crippen molar-refractivity contribution in [2.45, 2.75) is 37.4 Å². The van der Waals surface area contributed by atoms with E-state index in [1.165, 1.54) is 0 Å². The second-order valence-electron chi connectivity index (χ2n) is 3.39. The van der Waals surface area contributed by atoms with E-state index in [-0.39, 0.29) is 5.25 Å². The molecule has 0 bridgehead atoms. The van der Waals surface area contributed by atoms with Gasteiger partial charge in [-0.15, -0.1) is 11.6 Å². The maximum atomic E-state index is 11.3. The van der Waals surface area contributed by atoms with Gasteiger partial charge in [0.25, 0.3) is 0 Å². The van der Waals surface area contributed by atoms with Crippen LogP contribution in [0, 0.1) is 0 Å². The Labute approximate surface area is 84.9 Å². The second kappa shape index (κ2) is 5.17. The Morgan fingerprint density at radius 3 is 2.46 bits per heavy atom. The topological polar surface area (TPSA) is 46.2 Å². The van der Waals surface area contributed by atoms with E-state index in [1.807, 2.05) is 0 Å². The zero-order chi connectivity index (χ0) is 9.73. The summed E-state index contributed by atoms with van der Waals surface area (Å²) in [5, 5.41) is -0.0967. The van der Waals surface area contributed by atoms with Crippen molar-refractivity contribution in [2.24, 2.45) is 0 Å². The van der Waals surface area contributed by atoms with Crippen LogP contribution in [-0.2, 0) is 10.0 Å². The second-order valence-corrected chi connectivity index (χ2v) is 5.81. The van der Waals surface area contributed by atoms with Crippen LogP contribution < -0.4 is 4.72 Å². The van der Waals surface area contributed by atoms with Crippen LogP contribution >= 0.6 is 11.6 Å². The van der Waals surface area contributed by atoms with Crippen LogP contribution in [0.2, 0.25) is 0 Å². The quantitative estimate of drug-likeness (QED) is 0.527. The third kappa shape index (κ3) is 4.29. The highest BCUT2D eigenvalue weighted by atomic mass is 35.5. The molecule has 0 heterocycles. The molecule has 0 aromatic heterocycles. The zero-order valence-electron chi connectivity index (χ0n) is 7.63. The van der Waals surface area contributed by atoms with Gasteiger partial charge in [0.2, 0.25) is 10.0 Å². The van der Waals surface area contributed by atoms with Gasteiger partial charge in [-0.3, -0.25) is 0 Å². The molecule has 0 unspecified atom stereocenters. The molecule has 1 rings (SSSR count). The van der Waals surface area contributed by atoms with Crippen molar-refractivity contribution >= 4 is 21.6 Å². The fraction of sp³-hybridized carbons (Fsp3) is 1.00. The average Bonchev–Trinajstić information content (AvgIpc) is 2.86. The third-order valence-corrected chi connectivity index (χ3v) is 4.30. The Bertz CT molecular complexity index is 237. The Morgan fingerprint density at radius 1 is 1.23 bits per heavy atom. The van der Waals surface area contributed by atoms with Crippen LogP contribution in [0.1, 0.15) is 32.1 Å². The molecule has 1 saturated carbocycles. The molecule has 5 heteroatoms. The Hall–Kier alpha value is 0.200. The monoisotopic (exact) mass is 225 g/mol. The van der Waals surface area contributed by atoms with Crippen LogP contribution in [0.15, 0.2) is 0 Å². The minimum absolute atomic E-state index is 0.0967. The summed E-state index contributed by atoms with van der Waals surface area (Å²) < 4.78 is 25.2. The lowest BCUT2D eigenvalue weighted by Crippen LogP contribution is -2.28. The van der Waals surface area contributed by atoms with Gasteiger partial charge in [-0.2, -0.15) is 0 Å². The zero-order valence-corrected chi connectivity index (χ0v) is 9.20. The SMILES string of the molecule is O=S(=O)(NCCCCCCl)C1CC1. The predicted octanol–water partition coefficient (Wildman–Crippen LogP) is 1.48. The lowest BCUT2D eigenvalue weighted by Gasteiger charge is -2.03. The van der Waals surface area contributed by atoms with Gasteiger partial charge in [0, 0.05) is 12.4 Å². The fourth-order valence-electron chi connectivity index (χ4n) is 1.11. The summed E-state index contributed by atoms with van der Waals surface area (Å²) in [5.41, 5.74) is 0. The summed E-state index contributed by atoms with van der Waals surface area (Å²) in [4.78, 5) is 0. The molecule has 0 aromatic rings. The van der Waals surface area contributed by atoms with Crippen LogP contribution in [-0.4, -0.2) is 26.1 Å². The van der Waals surface area contributed by atoms with E-state index in [4.69, 9.17) is 11.6 Å². The molecule has 1 N–H and O–H groups in total. The minimum atomic E-state index is -2.96. The summed E-state index contributed by atoms with van der Waals surface area (Å²) in [6, 6.07) is 0. The summed E-state index contributed by atoms with van der Waals surface area (Å²) in [6.07, 6.45) is 4.51. The molecule has 0 aliphatic heterocycles. The maximum absolute atomic E-state index is 11.3. The standard InChI is InChI=1S/C8H16ClNO2S/c9-6-2-1-3-7-10-13(11,12)8-4-5-8/h8,10H,1-7H2. The highest BCUT2D eigenvalue weighted by Gasteiger charge is 2.34. The minimum Gasteiger partial charge on any atom is -0.215 e. The highest BCUT2D eigenvalue weighted by molar-refractivity contribution is 7.90. The fourth-order valence-corrected chi connectivity index (χ4v) is 2.72. The van der Waals surface area contributed by atoms with Gasteiger partial charge in [-0.1, -0.05) is 6.42 Å². The van der Waals surface area contributed by atoms with Crippen LogP contribution in [0.5, 0.6) is 0 Å². The molecule has 0 aromatic carbocycles. The van der Waals surface area contributed by atoms with Gasteiger partial charge >= 0.3 is 0 Å². The number of sulfonamides is 1. The summed E-state index contributed by atoms with van der Waals surface area (Å²) in [5.74, 6) is 0.662. The number of alkyl halides is 1. The third-order valence-electron chi connectivity index (χ3n) is 2.08. The van der Waals surface area contributed by atoms with Crippen molar-refractivity contribution < 1.29 is 8.42 Å². The van der Waals surface area contributed by atoms with E-state index in [0.717, 1.165) is 32.1 Å². The Morgan fingerprint density at radius 2 is 1.92 bits per heavy atom. The van der Waals surface area contributed by atoms with E-state index in [0.29, 0.717) is 12.4 Å². The van der Waals surface area contributed by atoms with Crippen molar-refractivity contribution in [1.29, 1.82) is 0 Å². The Kier molecular flexibility index (Phi) is 4.49. The van der Waals surface area contributed by atoms with E-state index in [9.17, 15) is 8.42 Å². The van der Waals surface area contributed by atoms with Gasteiger partial charge in [0.15, 0.2) is 0 Å². The molecule has 0 atom stereocenters.